The lowest BCUT2D eigenvalue weighted by atomic mass is 9.74. The average molecular weight is 231 g/mol. The fourth-order valence-corrected chi connectivity index (χ4v) is 3.04. The minimum atomic E-state index is 0.708. The molecule has 0 bridgehead atoms. The third kappa shape index (κ3) is 2.90. The van der Waals surface area contributed by atoms with Crippen LogP contribution < -0.4 is 5.32 Å². The van der Waals surface area contributed by atoms with Gasteiger partial charge in [0.2, 0.25) is 0 Å². The standard InChI is InChI=1S/C16H25N/c1-4-13(3)15-9-10-17-11-16(15)14-7-5-12(2)6-8-14/h5-8,13,15-17H,4,9-11H2,1-3H3. The third-order valence-electron chi connectivity index (χ3n) is 4.42. The SMILES string of the molecule is CCC(C)C1CCNCC1c1ccc(C)cc1. The molecule has 1 fully saturated rings. The van der Waals surface area contributed by atoms with E-state index < -0.39 is 0 Å². The Hall–Kier alpha value is -0.820. The molecule has 1 aliphatic heterocycles. The average Bonchev–Trinajstić information content (AvgIpc) is 2.39. The lowest BCUT2D eigenvalue weighted by Crippen LogP contribution is -2.37. The van der Waals surface area contributed by atoms with Gasteiger partial charge in [-0.15, -0.1) is 0 Å². The highest BCUT2D eigenvalue weighted by atomic mass is 14.9. The topological polar surface area (TPSA) is 12.0 Å². The molecule has 3 atom stereocenters. The van der Waals surface area contributed by atoms with E-state index in [1.54, 1.807) is 0 Å². The fraction of sp³-hybridized carbons (Fsp3) is 0.625. The van der Waals surface area contributed by atoms with Gasteiger partial charge in [0.15, 0.2) is 0 Å². The van der Waals surface area contributed by atoms with Gasteiger partial charge in [0.05, 0.1) is 0 Å². The first-order valence-electron chi connectivity index (χ1n) is 6.99. The van der Waals surface area contributed by atoms with Crippen LogP contribution in [0.2, 0.25) is 0 Å². The Bertz CT molecular complexity index is 341. The Morgan fingerprint density at radius 1 is 1.29 bits per heavy atom. The summed E-state index contributed by atoms with van der Waals surface area (Å²) in [5, 5.41) is 3.56. The molecule has 1 N–H and O–H groups in total. The number of aryl methyl sites for hydroxylation is 1. The van der Waals surface area contributed by atoms with E-state index in [9.17, 15) is 0 Å². The number of piperidine rings is 1. The first-order chi connectivity index (χ1) is 8.22. The number of benzene rings is 1. The van der Waals surface area contributed by atoms with Gasteiger partial charge in [0.25, 0.3) is 0 Å². The van der Waals surface area contributed by atoms with Crippen molar-refractivity contribution in [1.82, 2.24) is 5.32 Å². The van der Waals surface area contributed by atoms with Crippen LogP contribution in [0.3, 0.4) is 0 Å². The predicted molar refractivity (Wildman–Crippen MR) is 74.4 cm³/mol. The second-order valence-electron chi connectivity index (χ2n) is 5.56. The molecule has 3 unspecified atom stereocenters. The van der Waals surface area contributed by atoms with Crippen LogP contribution in [0.25, 0.3) is 0 Å². The van der Waals surface area contributed by atoms with Crippen molar-refractivity contribution in [3.8, 4) is 0 Å². The van der Waals surface area contributed by atoms with E-state index in [4.69, 9.17) is 0 Å². The van der Waals surface area contributed by atoms with Gasteiger partial charge in [-0.3, -0.25) is 0 Å². The van der Waals surface area contributed by atoms with Gasteiger partial charge < -0.3 is 5.32 Å². The van der Waals surface area contributed by atoms with E-state index >= 15 is 0 Å². The van der Waals surface area contributed by atoms with Gasteiger partial charge in [-0.25, -0.2) is 0 Å². The van der Waals surface area contributed by atoms with Crippen LogP contribution in [0, 0.1) is 18.8 Å². The zero-order chi connectivity index (χ0) is 12.3. The minimum Gasteiger partial charge on any atom is -0.316 e. The first kappa shape index (κ1) is 12.6. The molecule has 1 saturated heterocycles. The smallest absolute Gasteiger partial charge is 0.00229 e. The maximum Gasteiger partial charge on any atom is 0.00229 e. The summed E-state index contributed by atoms with van der Waals surface area (Å²) in [5.74, 6) is 2.40. The second-order valence-corrected chi connectivity index (χ2v) is 5.56. The molecule has 17 heavy (non-hydrogen) atoms. The van der Waals surface area contributed by atoms with Gasteiger partial charge in [-0.2, -0.15) is 0 Å². The zero-order valence-corrected chi connectivity index (χ0v) is 11.4. The van der Waals surface area contributed by atoms with Crippen LogP contribution in [0.1, 0.15) is 43.7 Å². The molecule has 0 aromatic heterocycles. The summed E-state index contributed by atoms with van der Waals surface area (Å²) in [4.78, 5) is 0. The van der Waals surface area contributed by atoms with Gasteiger partial charge in [0.1, 0.15) is 0 Å². The summed E-state index contributed by atoms with van der Waals surface area (Å²) >= 11 is 0. The molecular formula is C16H25N. The van der Waals surface area contributed by atoms with Crippen LogP contribution >= 0.6 is 0 Å². The largest absolute Gasteiger partial charge is 0.316 e. The molecule has 0 saturated carbocycles. The molecular weight excluding hydrogens is 206 g/mol. The van der Waals surface area contributed by atoms with E-state index in [0.29, 0.717) is 5.92 Å². The number of hydrogen-bond acceptors (Lipinski definition) is 1. The van der Waals surface area contributed by atoms with Crippen molar-refractivity contribution in [1.29, 1.82) is 0 Å². The predicted octanol–water partition coefficient (Wildman–Crippen LogP) is 3.73. The Kier molecular flexibility index (Phi) is 4.22. The lowest BCUT2D eigenvalue weighted by molar-refractivity contribution is 0.233. The molecule has 1 heteroatoms. The van der Waals surface area contributed by atoms with Crippen molar-refractivity contribution in [2.24, 2.45) is 11.8 Å². The van der Waals surface area contributed by atoms with Crippen molar-refractivity contribution in [3.63, 3.8) is 0 Å². The summed E-state index contributed by atoms with van der Waals surface area (Å²) in [5.41, 5.74) is 2.88. The fourth-order valence-electron chi connectivity index (χ4n) is 3.04. The lowest BCUT2D eigenvalue weighted by Gasteiger charge is -2.36. The number of rotatable bonds is 3. The molecule has 2 rings (SSSR count). The first-order valence-corrected chi connectivity index (χ1v) is 6.99. The molecule has 1 heterocycles. The Morgan fingerprint density at radius 2 is 2.00 bits per heavy atom. The van der Waals surface area contributed by atoms with E-state index in [1.165, 1.54) is 30.5 Å². The number of nitrogens with one attached hydrogen (secondary N) is 1. The summed E-state index contributed by atoms with van der Waals surface area (Å²) in [6.07, 6.45) is 2.63. The van der Waals surface area contributed by atoms with Gasteiger partial charge in [-0.1, -0.05) is 50.1 Å². The molecule has 1 aliphatic rings. The highest BCUT2D eigenvalue weighted by molar-refractivity contribution is 5.26. The summed E-state index contributed by atoms with van der Waals surface area (Å²) < 4.78 is 0. The van der Waals surface area contributed by atoms with Crippen LogP contribution in [-0.2, 0) is 0 Å². The van der Waals surface area contributed by atoms with Gasteiger partial charge >= 0.3 is 0 Å². The Balaban J connectivity index is 2.18. The van der Waals surface area contributed by atoms with Crippen molar-refractivity contribution in [3.05, 3.63) is 35.4 Å². The maximum atomic E-state index is 3.56. The molecule has 0 radical (unpaired) electrons. The molecule has 1 aromatic rings. The summed E-state index contributed by atoms with van der Waals surface area (Å²) in [7, 11) is 0. The van der Waals surface area contributed by atoms with E-state index in [2.05, 4.69) is 50.4 Å². The highest BCUT2D eigenvalue weighted by Crippen LogP contribution is 2.35. The molecule has 94 valence electrons. The van der Waals surface area contributed by atoms with Crippen LogP contribution in [0.5, 0.6) is 0 Å². The Morgan fingerprint density at radius 3 is 2.65 bits per heavy atom. The zero-order valence-electron chi connectivity index (χ0n) is 11.4. The van der Waals surface area contributed by atoms with Crippen molar-refractivity contribution >= 4 is 0 Å². The maximum absolute atomic E-state index is 3.56. The van der Waals surface area contributed by atoms with Gasteiger partial charge in [-0.05, 0) is 43.2 Å². The molecule has 1 aromatic carbocycles. The van der Waals surface area contributed by atoms with Crippen molar-refractivity contribution in [2.75, 3.05) is 13.1 Å². The second kappa shape index (κ2) is 5.68. The normalized spacial score (nSPS) is 26.8. The molecule has 1 nitrogen and oxygen atoms in total. The van der Waals surface area contributed by atoms with Crippen LogP contribution in [-0.4, -0.2) is 13.1 Å². The van der Waals surface area contributed by atoms with E-state index in [0.717, 1.165) is 18.4 Å². The van der Waals surface area contributed by atoms with Crippen molar-refractivity contribution in [2.45, 2.75) is 39.5 Å². The van der Waals surface area contributed by atoms with Gasteiger partial charge in [0, 0.05) is 6.54 Å². The molecule has 0 spiro atoms. The summed E-state index contributed by atoms with van der Waals surface area (Å²) in [6.45, 7) is 9.24. The summed E-state index contributed by atoms with van der Waals surface area (Å²) in [6, 6.07) is 9.14. The highest BCUT2D eigenvalue weighted by Gasteiger charge is 2.29. The van der Waals surface area contributed by atoms with E-state index in [1.807, 2.05) is 0 Å². The molecule has 0 aliphatic carbocycles. The van der Waals surface area contributed by atoms with E-state index in [-0.39, 0.29) is 0 Å². The minimum absolute atomic E-state index is 0.708. The van der Waals surface area contributed by atoms with Crippen LogP contribution in [0.15, 0.2) is 24.3 Å². The molecule has 0 amide bonds. The Labute approximate surface area is 106 Å². The monoisotopic (exact) mass is 231 g/mol. The number of hydrogen-bond donors (Lipinski definition) is 1. The quantitative estimate of drug-likeness (QED) is 0.835. The van der Waals surface area contributed by atoms with Crippen LogP contribution in [0.4, 0.5) is 0 Å². The third-order valence-corrected chi connectivity index (χ3v) is 4.42. The van der Waals surface area contributed by atoms with Crippen molar-refractivity contribution < 1.29 is 0 Å².